The van der Waals surface area contributed by atoms with Crippen LogP contribution in [0.25, 0.3) is 0 Å². The molecule has 2 atom stereocenters. The number of nitrogens with two attached hydrogens (primary N) is 1. The van der Waals surface area contributed by atoms with Gasteiger partial charge in [-0.1, -0.05) is 18.2 Å². The molecule has 1 aliphatic rings. The monoisotopic (exact) mass is 189 g/mol. The van der Waals surface area contributed by atoms with Gasteiger partial charge in [0.25, 0.3) is 0 Å². The van der Waals surface area contributed by atoms with Crippen LogP contribution in [0.15, 0.2) is 11.6 Å². The smallest absolute Gasteiger partial charge is 0.0820 e. The van der Waals surface area contributed by atoms with Crippen molar-refractivity contribution in [2.45, 2.75) is 37.8 Å². The molecule has 0 spiro atoms. The van der Waals surface area contributed by atoms with Crippen molar-refractivity contribution in [3.63, 3.8) is 0 Å². The van der Waals surface area contributed by atoms with Crippen LogP contribution >= 0.6 is 11.6 Å². The van der Waals surface area contributed by atoms with Crippen LogP contribution in [0.2, 0.25) is 0 Å². The van der Waals surface area contributed by atoms with Gasteiger partial charge in [-0.05, 0) is 25.7 Å². The van der Waals surface area contributed by atoms with Crippen LogP contribution < -0.4 is 5.73 Å². The van der Waals surface area contributed by atoms with Crippen LogP contribution in [0.5, 0.6) is 0 Å². The van der Waals surface area contributed by atoms with Gasteiger partial charge in [0.15, 0.2) is 0 Å². The molecule has 0 aromatic rings. The Bertz CT molecular complexity index is 161. The van der Waals surface area contributed by atoms with E-state index in [1.807, 2.05) is 0 Å². The average molecular weight is 190 g/mol. The minimum atomic E-state index is 0.296. The van der Waals surface area contributed by atoms with Crippen molar-refractivity contribution in [1.29, 1.82) is 0 Å². The maximum absolute atomic E-state index is 5.80. The molecule has 0 aromatic heterocycles. The lowest BCUT2D eigenvalue weighted by Gasteiger charge is -2.26. The van der Waals surface area contributed by atoms with Crippen molar-refractivity contribution < 1.29 is 4.74 Å². The van der Waals surface area contributed by atoms with Gasteiger partial charge in [-0.25, -0.2) is 0 Å². The molecule has 1 fully saturated rings. The highest BCUT2D eigenvalue weighted by atomic mass is 35.5. The summed E-state index contributed by atoms with van der Waals surface area (Å²) >= 11 is 5.58. The Morgan fingerprint density at radius 1 is 1.58 bits per heavy atom. The minimum Gasteiger partial charge on any atom is -0.373 e. The molecule has 2 unspecified atom stereocenters. The van der Waals surface area contributed by atoms with Gasteiger partial charge in [0.05, 0.1) is 12.7 Å². The summed E-state index contributed by atoms with van der Waals surface area (Å²) in [4.78, 5) is 0. The summed E-state index contributed by atoms with van der Waals surface area (Å²) in [5, 5.41) is 0.564. The molecule has 1 rings (SSSR count). The molecule has 0 bridgehead atoms. The van der Waals surface area contributed by atoms with Gasteiger partial charge < -0.3 is 10.5 Å². The van der Waals surface area contributed by atoms with E-state index in [-0.39, 0.29) is 0 Å². The van der Waals surface area contributed by atoms with Gasteiger partial charge in [-0.2, -0.15) is 0 Å². The van der Waals surface area contributed by atoms with Crippen molar-refractivity contribution in [1.82, 2.24) is 0 Å². The summed E-state index contributed by atoms with van der Waals surface area (Å²) in [5.41, 5.74) is 5.80. The second-order valence-corrected chi connectivity index (χ2v) is 3.91. The van der Waals surface area contributed by atoms with Crippen LogP contribution in [0, 0.1) is 0 Å². The third-order valence-corrected chi connectivity index (χ3v) is 2.25. The highest BCUT2D eigenvalue weighted by Gasteiger charge is 2.19. The van der Waals surface area contributed by atoms with Gasteiger partial charge >= 0.3 is 0 Å². The first-order valence-electron chi connectivity index (χ1n) is 4.39. The second kappa shape index (κ2) is 4.85. The number of ether oxygens (including phenoxy) is 1. The summed E-state index contributed by atoms with van der Waals surface area (Å²) in [6.45, 7) is 4.03. The van der Waals surface area contributed by atoms with Crippen LogP contribution in [0.4, 0.5) is 0 Å². The Labute approximate surface area is 78.7 Å². The first-order valence-corrected chi connectivity index (χ1v) is 4.76. The Kier molecular flexibility index (Phi) is 4.06. The van der Waals surface area contributed by atoms with Gasteiger partial charge in [0.1, 0.15) is 0 Å². The fourth-order valence-electron chi connectivity index (χ4n) is 1.54. The zero-order valence-electron chi connectivity index (χ0n) is 7.26. The lowest BCUT2D eigenvalue weighted by Crippen LogP contribution is -2.32. The highest BCUT2D eigenvalue weighted by molar-refractivity contribution is 6.29. The second-order valence-electron chi connectivity index (χ2n) is 3.38. The Morgan fingerprint density at radius 3 is 2.92 bits per heavy atom. The van der Waals surface area contributed by atoms with E-state index >= 15 is 0 Å². The summed E-state index contributed by atoms with van der Waals surface area (Å²) in [5.74, 6) is 0. The Balaban J connectivity index is 2.18. The number of halogens is 1. The predicted octanol–water partition coefficient (Wildman–Crippen LogP) is 2.03. The van der Waals surface area contributed by atoms with E-state index < -0.39 is 0 Å². The van der Waals surface area contributed by atoms with Gasteiger partial charge in [-0.15, -0.1) is 0 Å². The molecule has 2 nitrogen and oxygen atoms in total. The third kappa shape index (κ3) is 3.57. The van der Waals surface area contributed by atoms with E-state index in [0.29, 0.717) is 23.8 Å². The molecule has 70 valence electrons. The van der Waals surface area contributed by atoms with Crippen molar-refractivity contribution in [2.75, 3.05) is 6.61 Å². The average Bonchev–Trinajstić information content (AvgIpc) is 2.01. The summed E-state index contributed by atoms with van der Waals surface area (Å²) in [6, 6.07) is 0.312. The van der Waals surface area contributed by atoms with Crippen molar-refractivity contribution in [3.05, 3.63) is 11.6 Å². The highest BCUT2D eigenvalue weighted by Crippen LogP contribution is 2.20. The summed E-state index contributed by atoms with van der Waals surface area (Å²) in [6.07, 6.45) is 4.66. The zero-order chi connectivity index (χ0) is 8.97. The van der Waals surface area contributed by atoms with Crippen LogP contribution in [0.1, 0.15) is 25.7 Å². The summed E-state index contributed by atoms with van der Waals surface area (Å²) < 4.78 is 5.50. The van der Waals surface area contributed by atoms with E-state index in [1.165, 1.54) is 6.42 Å². The van der Waals surface area contributed by atoms with Crippen LogP contribution in [-0.4, -0.2) is 18.8 Å². The quantitative estimate of drug-likeness (QED) is 0.738. The van der Waals surface area contributed by atoms with Crippen molar-refractivity contribution in [3.8, 4) is 0 Å². The predicted molar refractivity (Wildman–Crippen MR) is 51.2 cm³/mol. The molecule has 0 saturated heterocycles. The topological polar surface area (TPSA) is 35.2 Å². The van der Waals surface area contributed by atoms with Gasteiger partial charge in [0.2, 0.25) is 0 Å². The van der Waals surface area contributed by atoms with Crippen LogP contribution in [0.3, 0.4) is 0 Å². The van der Waals surface area contributed by atoms with E-state index in [9.17, 15) is 0 Å². The molecule has 0 aliphatic heterocycles. The number of hydrogen-bond donors (Lipinski definition) is 1. The Morgan fingerprint density at radius 2 is 2.33 bits per heavy atom. The molecule has 1 aliphatic carbocycles. The first kappa shape index (κ1) is 10.0. The molecule has 0 radical (unpaired) electrons. The van der Waals surface area contributed by atoms with Gasteiger partial charge in [0, 0.05) is 11.1 Å². The van der Waals surface area contributed by atoms with E-state index in [0.717, 1.165) is 19.3 Å². The molecule has 0 amide bonds. The lowest BCUT2D eigenvalue weighted by atomic mass is 9.94. The molecule has 0 heterocycles. The SMILES string of the molecule is C=C(Cl)COC1CCCC(N)C1. The Hall–Kier alpha value is -0.0500. The summed E-state index contributed by atoms with van der Waals surface area (Å²) in [7, 11) is 0. The zero-order valence-corrected chi connectivity index (χ0v) is 8.02. The molecular weight excluding hydrogens is 174 g/mol. The molecule has 3 heteroatoms. The van der Waals surface area contributed by atoms with Crippen molar-refractivity contribution >= 4 is 11.6 Å². The van der Waals surface area contributed by atoms with E-state index in [2.05, 4.69) is 6.58 Å². The fraction of sp³-hybridized carbons (Fsp3) is 0.778. The molecular formula is C9H16ClNO. The van der Waals surface area contributed by atoms with E-state index in [4.69, 9.17) is 22.1 Å². The maximum atomic E-state index is 5.80. The lowest BCUT2D eigenvalue weighted by molar-refractivity contribution is 0.0397. The van der Waals surface area contributed by atoms with Crippen molar-refractivity contribution in [2.24, 2.45) is 5.73 Å². The molecule has 2 N–H and O–H groups in total. The largest absolute Gasteiger partial charge is 0.373 e. The fourth-order valence-corrected chi connectivity index (χ4v) is 1.60. The number of hydrogen-bond acceptors (Lipinski definition) is 2. The normalized spacial score (nSPS) is 30.2. The minimum absolute atomic E-state index is 0.296. The van der Waals surface area contributed by atoms with Gasteiger partial charge in [-0.3, -0.25) is 0 Å². The standard InChI is InChI=1S/C9H16ClNO/c1-7(10)6-12-9-4-2-3-8(11)5-9/h8-9H,1-6,11H2. The molecule has 1 saturated carbocycles. The number of rotatable bonds is 3. The first-order chi connectivity index (χ1) is 5.68. The van der Waals surface area contributed by atoms with Crippen LogP contribution in [-0.2, 0) is 4.74 Å². The molecule has 0 aromatic carbocycles. The van der Waals surface area contributed by atoms with E-state index in [1.54, 1.807) is 0 Å². The maximum Gasteiger partial charge on any atom is 0.0820 e. The molecule has 12 heavy (non-hydrogen) atoms. The third-order valence-electron chi connectivity index (χ3n) is 2.14.